The fourth-order valence-corrected chi connectivity index (χ4v) is 1.61. The molecule has 1 heterocycles. The van der Waals surface area contributed by atoms with Crippen LogP contribution in [0.5, 0.6) is 5.75 Å². The minimum absolute atomic E-state index is 0.0813. The molecular formula is C15H26N2O2. The average Bonchev–Trinajstić information content (AvgIpc) is 2.37. The van der Waals surface area contributed by atoms with Crippen LogP contribution >= 0.6 is 0 Å². The van der Waals surface area contributed by atoms with Crippen molar-refractivity contribution in [1.82, 2.24) is 10.3 Å². The maximum Gasteiger partial charge on any atom is 0.142 e. The number of hydrogen-bond acceptors (Lipinski definition) is 4. The number of hydrogen-bond donors (Lipinski definition) is 1. The van der Waals surface area contributed by atoms with E-state index in [0.29, 0.717) is 12.5 Å². The number of methoxy groups -OCH3 is 1. The molecule has 0 radical (unpaired) electrons. The largest absolute Gasteiger partial charge is 0.489 e. The Morgan fingerprint density at radius 3 is 2.63 bits per heavy atom. The van der Waals surface area contributed by atoms with Gasteiger partial charge in [-0.2, -0.15) is 0 Å². The number of aryl methyl sites for hydroxylation is 1. The number of nitrogens with one attached hydrogen (secondary N) is 1. The Morgan fingerprint density at radius 1 is 1.26 bits per heavy atom. The minimum atomic E-state index is 0.0813. The van der Waals surface area contributed by atoms with Crippen molar-refractivity contribution in [3.63, 3.8) is 0 Å². The van der Waals surface area contributed by atoms with Crippen molar-refractivity contribution >= 4 is 0 Å². The van der Waals surface area contributed by atoms with Gasteiger partial charge in [-0.15, -0.1) is 0 Å². The normalized spacial score (nSPS) is 12.7. The van der Waals surface area contributed by atoms with Crippen LogP contribution in [0.2, 0.25) is 0 Å². The Bertz CT molecular complexity index is 380. The predicted molar refractivity (Wildman–Crippen MR) is 77.5 cm³/mol. The number of nitrogens with zero attached hydrogens (tertiary/aromatic N) is 1. The summed E-state index contributed by atoms with van der Waals surface area (Å²) in [5, 5.41) is 3.40. The molecule has 0 saturated heterocycles. The maximum absolute atomic E-state index is 5.77. The van der Waals surface area contributed by atoms with E-state index in [0.717, 1.165) is 30.2 Å². The summed E-state index contributed by atoms with van der Waals surface area (Å²) in [4.78, 5) is 4.55. The van der Waals surface area contributed by atoms with Crippen LogP contribution < -0.4 is 10.1 Å². The van der Waals surface area contributed by atoms with Gasteiger partial charge in [0.1, 0.15) is 12.4 Å². The van der Waals surface area contributed by atoms with Crippen LogP contribution in [0.25, 0.3) is 0 Å². The quantitative estimate of drug-likeness (QED) is 0.785. The minimum Gasteiger partial charge on any atom is -0.489 e. The first kappa shape index (κ1) is 15.9. The van der Waals surface area contributed by atoms with Crippen LogP contribution in [0, 0.1) is 12.8 Å². The molecule has 1 aromatic rings. The molecule has 1 unspecified atom stereocenters. The first-order valence-corrected chi connectivity index (χ1v) is 6.85. The Kier molecular flexibility index (Phi) is 6.81. The van der Waals surface area contributed by atoms with Gasteiger partial charge in [-0.05, 0) is 38.4 Å². The zero-order chi connectivity index (χ0) is 14.3. The standard InChI is InChI=1S/C15H26N2O2/c1-11(2)8-16-9-14-15(7-6-12(3)17-14)19-10-13(4)18-5/h6-7,11,13,16H,8-10H2,1-5H3. The maximum atomic E-state index is 5.77. The molecule has 0 amide bonds. The number of aromatic nitrogens is 1. The van der Waals surface area contributed by atoms with Crippen molar-refractivity contribution in [2.75, 3.05) is 20.3 Å². The summed E-state index contributed by atoms with van der Waals surface area (Å²) in [5.74, 6) is 1.47. The fourth-order valence-electron chi connectivity index (χ4n) is 1.61. The molecule has 4 heteroatoms. The van der Waals surface area contributed by atoms with Crippen LogP contribution in [-0.2, 0) is 11.3 Å². The summed E-state index contributed by atoms with van der Waals surface area (Å²) in [7, 11) is 1.69. The van der Waals surface area contributed by atoms with Crippen molar-refractivity contribution < 1.29 is 9.47 Å². The van der Waals surface area contributed by atoms with E-state index in [1.54, 1.807) is 7.11 Å². The van der Waals surface area contributed by atoms with E-state index in [9.17, 15) is 0 Å². The van der Waals surface area contributed by atoms with Crippen molar-refractivity contribution in [3.8, 4) is 5.75 Å². The first-order valence-electron chi connectivity index (χ1n) is 6.85. The molecule has 0 aliphatic heterocycles. The number of pyridine rings is 1. The lowest BCUT2D eigenvalue weighted by molar-refractivity contribution is 0.0711. The third-order valence-electron chi connectivity index (χ3n) is 2.79. The molecule has 1 atom stereocenters. The van der Waals surface area contributed by atoms with Gasteiger partial charge in [0.25, 0.3) is 0 Å². The highest BCUT2D eigenvalue weighted by Gasteiger charge is 2.08. The molecular weight excluding hydrogens is 240 g/mol. The fraction of sp³-hybridized carbons (Fsp3) is 0.667. The van der Waals surface area contributed by atoms with E-state index in [2.05, 4.69) is 24.1 Å². The second-order valence-electron chi connectivity index (χ2n) is 5.28. The molecule has 1 aromatic heterocycles. The summed E-state index contributed by atoms with van der Waals surface area (Å²) in [6, 6.07) is 3.95. The highest BCUT2D eigenvalue weighted by molar-refractivity contribution is 5.29. The Hall–Kier alpha value is -1.13. The van der Waals surface area contributed by atoms with Crippen molar-refractivity contribution in [3.05, 3.63) is 23.5 Å². The monoisotopic (exact) mass is 266 g/mol. The molecule has 0 saturated carbocycles. The summed E-state index contributed by atoms with van der Waals surface area (Å²) in [6.07, 6.45) is 0.0813. The smallest absolute Gasteiger partial charge is 0.142 e. The van der Waals surface area contributed by atoms with Gasteiger partial charge < -0.3 is 14.8 Å². The van der Waals surface area contributed by atoms with E-state index >= 15 is 0 Å². The summed E-state index contributed by atoms with van der Waals surface area (Å²) in [6.45, 7) is 10.6. The van der Waals surface area contributed by atoms with Gasteiger partial charge in [0.15, 0.2) is 0 Å². The van der Waals surface area contributed by atoms with Crippen LogP contribution in [0.1, 0.15) is 32.2 Å². The molecule has 4 nitrogen and oxygen atoms in total. The second kappa shape index (κ2) is 8.12. The lowest BCUT2D eigenvalue weighted by Gasteiger charge is -2.15. The topological polar surface area (TPSA) is 43.4 Å². The third kappa shape index (κ3) is 6.03. The molecule has 0 fully saturated rings. The van der Waals surface area contributed by atoms with Gasteiger partial charge in [0, 0.05) is 19.3 Å². The Labute approximate surface area is 116 Å². The highest BCUT2D eigenvalue weighted by atomic mass is 16.5. The number of ether oxygens (including phenoxy) is 2. The van der Waals surface area contributed by atoms with Gasteiger partial charge in [-0.1, -0.05) is 13.8 Å². The second-order valence-corrected chi connectivity index (χ2v) is 5.28. The van der Waals surface area contributed by atoms with Crippen molar-refractivity contribution in [2.24, 2.45) is 5.92 Å². The highest BCUT2D eigenvalue weighted by Crippen LogP contribution is 2.17. The SMILES string of the molecule is COC(C)COc1ccc(C)nc1CNCC(C)C. The van der Waals surface area contributed by atoms with Gasteiger partial charge in [-0.25, -0.2) is 0 Å². The molecule has 0 spiro atoms. The summed E-state index contributed by atoms with van der Waals surface area (Å²) in [5.41, 5.74) is 1.97. The average molecular weight is 266 g/mol. The van der Waals surface area contributed by atoms with E-state index in [4.69, 9.17) is 9.47 Å². The predicted octanol–water partition coefficient (Wildman–Crippen LogP) is 2.55. The molecule has 0 aromatic carbocycles. The summed E-state index contributed by atoms with van der Waals surface area (Å²) < 4.78 is 11.0. The number of rotatable bonds is 8. The third-order valence-corrected chi connectivity index (χ3v) is 2.79. The lowest BCUT2D eigenvalue weighted by atomic mass is 10.2. The van der Waals surface area contributed by atoms with Gasteiger partial charge in [-0.3, -0.25) is 4.98 Å². The molecule has 0 bridgehead atoms. The van der Waals surface area contributed by atoms with E-state index in [1.165, 1.54) is 0 Å². The molecule has 0 aliphatic rings. The van der Waals surface area contributed by atoms with Crippen LogP contribution in [0.3, 0.4) is 0 Å². The zero-order valence-corrected chi connectivity index (χ0v) is 12.7. The van der Waals surface area contributed by atoms with Crippen LogP contribution in [0.15, 0.2) is 12.1 Å². The van der Waals surface area contributed by atoms with Crippen LogP contribution in [-0.4, -0.2) is 31.3 Å². The molecule has 1 N–H and O–H groups in total. The van der Waals surface area contributed by atoms with Crippen LogP contribution in [0.4, 0.5) is 0 Å². The van der Waals surface area contributed by atoms with E-state index in [-0.39, 0.29) is 6.10 Å². The van der Waals surface area contributed by atoms with Crippen molar-refractivity contribution in [2.45, 2.75) is 40.3 Å². The van der Waals surface area contributed by atoms with E-state index in [1.807, 2.05) is 26.0 Å². The van der Waals surface area contributed by atoms with Crippen molar-refractivity contribution in [1.29, 1.82) is 0 Å². The summed E-state index contributed by atoms with van der Waals surface area (Å²) >= 11 is 0. The molecule has 108 valence electrons. The van der Waals surface area contributed by atoms with Gasteiger partial charge in [0.2, 0.25) is 0 Å². The molecule has 0 aliphatic carbocycles. The zero-order valence-electron chi connectivity index (χ0n) is 12.7. The first-order chi connectivity index (χ1) is 9.02. The van der Waals surface area contributed by atoms with E-state index < -0.39 is 0 Å². The Morgan fingerprint density at radius 2 is 2.00 bits per heavy atom. The lowest BCUT2D eigenvalue weighted by Crippen LogP contribution is -2.21. The molecule has 1 rings (SSSR count). The van der Waals surface area contributed by atoms with Gasteiger partial charge in [0.05, 0.1) is 11.8 Å². The molecule has 19 heavy (non-hydrogen) atoms. The van der Waals surface area contributed by atoms with Gasteiger partial charge >= 0.3 is 0 Å². The Balaban J connectivity index is 2.63.